The molecule has 2 aromatic rings. The Labute approximate surface area is 125 Å². The van der Waals surface area contributed by atoms with Crippen LogP contribution in [0.1, 0.15) is 39.7 Å². The SMILES string of the molecule is Cc1cc(C)c(C(N)Cn2c(C)cc(C)nc2=O)c(C)c1. The fourth-order valence-electron chi connectivity index (χ4n) is 3.06. The Bertz CT molecular complexity index is 708. The number of nitrogens with zero attached hydrogens (tertiary/aromatic N) is 2. The van der Waals surface area contributed by atoms with Gasteiger partial charge in [0, 0.05) is 24.0 Å². The number of benzene rings is 1. The summed E-state index contributed by atoms with van der Waals surface area (Å²) in [5.41, 5.74) is 12.5. The number of rotatable bonds is 3. The molecule has 0 aliphatic rings. The van der Waals surface area contributed by atoms with E-state index in [0.717, 1.165) is 17.0 Å². The Hall–Kier alpha value is -1.94. The molecule has 2 rings (SSSR count). The van der Waals surface area contributed by atoms with Crippen LogP contribution in [0.15, 0.2) is 23.0 Å². The van der Waals surface area contributed by atoms with Crippen LogP contribution in [0, 0.1) is 34.6 Å². The Kier molecular flexibility index (Phi) is 4.28. The first kappa shape index (κ1) is 15.4. The minimum atomic E-state index is -0.231. The van der Waals surface area contributed by atoms with Gasteiger partial charge in [0.15, 0.2) is 0 Å². The van der Waals surface area contributed by atoms with E-state index >= 15 is 0 Å². The van der Waals surface area contributed by atoms with E-state index in [0.29, 0.717) is 6.54 Å². The van der Waals surface area contributed by atoms with Crippen LogP contribution in [0.4, 0.5) is 0 Å². The molecular weight excluding hydrogens is 262 g/mol. The molecule has 0 aliphatic heterocycles. The fraction of sp³-hybridized carbons (Fsp3) is 0.412. The van der Waals surface area contributed by atoms with Crippen molar-refractivity contribution in [2.24, 2.45) is 5.73 Å². The monoisotopic (exact) mass is 285 g/mol. The molecule has 0 saturated carbocycles. The minimum absolute atomic E-state index is 0.216. The summed E-state index contributed by atoms with van der Waals surface area (Å²) in [5, 5.41) is 0. The molecule has 1 aromatic carbocycles. The minimum Gasteiger partial charge on any atom is -0.322 e. The summed E-state index contributed by atoms with van der Waals surface area (Å²) in [6.45, 7) is 10.4. The van der Waals surface area contributed by atoms with Gasteiger partial charge >= 0.3 is 5.69 Å². The second-order valence-corrected chi connectivity index (χ2v) is 5.85. The van der Waals surface area contributed by atoms with Crippen LogP contribution in [0.2, 0.25) is 0 Å². The van der Waals surface area contributed by atoms with Gasteiger partial charge in [0.2, 0.25) is 0 Å². The second kappa shape index (κ2) is 5.82. The molecule has 1 unspecified atom stereocenters. The van der Waals surface area contributed by atoms with Gasteiger partial charge in [-0.05, 0) is 57.4 Å². The first-order chi connectivity index (χ1) is 9.79. The molecule has 0 aliphatic carbocycles. The lowest BCUT2D eigenvalue weighted by atomic mass is 9.94. The number of aromatic nitrogens is 2. The zero-order chi connectivity index (χ0) is 15.7. The van der Waals surface area contributed by atoms with Gasteiger partial charge in [-0.15, -0.1) is 0 Å². The van der Waals surface area contributed by atoms with Crippen LogP contribution >= 0.6 is 0 Å². The molecular formula is C17H23N3O. The van der Waals surface area contributed by atoms with E-state index in [1.807, 2.05) is 19.9 Å². The summed E-state index contributed by atoms with van der Waals surface area (Å²) >= 11 is 0. The van der Waals surface area contributed by atoms with E-state index in [1.54, 1.807) is 4.57 Å². The fourth-order valence-corrected chi connectivity index (χ4v) is 3.06. The third-order valence-corrected chi connectivity index (χ3v) is 3.83. The van der Waals surface area contributed by atoms with E-state index in [9.17, 15) is 4.79 Å². The molecule has 0 amide bonds. The van der Waals surface area contributed by atoms with E-state index < -0.39 is 0 Å². The maximum Gasteiger partial charge on any atom is 0.348 e. The molecule has 0 bridgehead atoms. The molecule has 1 heterocycles. The van der Waals surface area contributed by atoms with Gasteiger partial charge in [0.25, 0.3) is 0 Å². The first-order valence-corrected chi connectivity index (χ1v) is 7.18. The zero-order valence-corrected chi connectivity index (χ0v) is 13.4. The Balaban J connectivity index is 2.40. The standard InChI is InChI=1S/C17H23N3O/c1-10-6-11(2)16(12(3)7-10)15(18)9-20-14(5)8-13(4)19-17(20)21/h6-8,15H,9,18H2,1-5H3. The summed E-state index contributed by atoms with van der Waals surface area (Å²) in [6, 6.07) is 5.95. The molecule has 1 atom stereocenters. The normalized spacial score (nSPS) is 12.5. The predicted octanol–water partition coefficient (Wildman–Crippen LogP) is 2.49. The molecule has 112 valence electrons. The summed E-state index contributed by atoms with van der Waals surface area (Å²) in [4.78, 5) is 16.0. The van der Waals surface area contributed by atoms with Gasteiger partial charge < -0.3 is 5.73 Å². The van der Waals surface area contributed by atoms with Crippen LogP contribution in [0.3, 0.4) is 0 Å². The summed E-state index contributed by atoms with van der Waals surface area (Å²) < 4.78 is 1.65. The van der Waals surface area contributed by atoms with Crippen molar-refractivity contribution in [1.82, 2.24) is 9.55 Å². The maximum atomic E-state index is 12.0. The first-order valence-electron chi connectivity index (χ1n) is 7.18. The van der Waals surface area contributed by atoms with Gasteiger partial charge in [-0.1, -0.05) is 17.7 Å². The van der Waals surface area contributed by atoms with E-state index in [4.69, 9.17) is 5.73 Å². The van der Waals surface area contributed by atoms with Crippen molar-refractivity contribution in [3.8, 4) is 0 Å². The number of hydrogen-bond acceptors (Lipinski definition) is 3. The average Bonchev–Trinajstić information content (AvgIpc) is 2.32. The van der Waals surface area contributed by atoms with Crippen molar-refractivity contribution in [1.29, 1.82) is 0 Å². The molecule has 4 heteroatoms. The van der Waals surface area contributed by atoms with Gasteiger partial charge in [0.1, 0.15) is 0 Å². The highest BCUT2D eigenvalue weighted by Gasteiger charge is 2.15. The third-order valence-electron chi connectivity index (χ3n) is 3.83. The van der Waals surface area contributed by atoms with Crippen molar-refractivity contribution in [3.63, 3.8) is 0 Å². The van der Waals surface area contributed by atoms with Gasteiger partial charge in [-0.3, -0.25) is 4.57 Å². The molecule has 4 nitrogen and oxygen atoms in total. The molecule has 2 N–H and O–H groups in total. The van der Waals surface area contributed by atoms with Crippen molar-refractivity contribution < 1.29 is 0 Å². The molecule has 0 radical (unpaired) electrons. The summed E-state index contributed by atoms with van der Waals surface area (Å²) in [6.07, 6.45) is 0. The Morgan fingerprint density at radius 2 is 1.67 bits per heavy atom. The Morgan fingerprint density at radius 3 is 2.19 bits per heavy atom. The van der Waals surface area contributed by atoms with Crippen LogP contribution in [-0.4, -0.2) is 9.55 Å². The van der Waals surface area contributed by atoms with E-state index in [2.05, 4.69) is 37.9 Å². The Morgan fingerprint density at radius 1 is 1.10 bits per heavy atom. The highest BCUT2D eigenvalue weighted by molar-refractivity contribution is 5.39. The second-order valence-electron chi connectivity index (χ2n) is 5.85. The number of nitrogens with two attached hydrogens (primary N) is 1. The van der Waals surface area contributed by atoms with Gasteiger partial charge in [0.05, 0.1) is 0 Å². The third kappa shape index (κ3) is 3.22. The van der Waals surface area contributed by atoms with E-state index in [1.165, 1.54) is 16.7 Å². The van der Waals surface area contributed by atoms with Crippen LogP contribution in [0.25, 0.3) is 0 Å². The highest BCUT2D eigenvalue weighted by Crippen LogP contribution is 2.23. The lowest BCUT2D eigenvalue weighted by molar-refractivity contribution is 0.534. The molecule has 0 fully saturated rings. The van der Waals surface area contributed by atoms with Crippen molar-refractivity contribution in [2.75, 3.05) is 0 Å². The lowest BCUT2D eigenvalue weighted by Crippen LogP contribution is -2.31. The van der Waals surface area contributed by atoms with Crippen LogP contribution in [0.5, 0.6) is 0 Å². The largest absolute Gasteiger partial charge is 0.348 e. The van der Waals surface area contributed by atoms with Crippen molar-refractivity contribution in [3.05, 3.63) is 62.3 Å². The predicted molar refractivity (Wildman–Crippen MR) is 85.6 cm³/mol. The van der Waals surface area contributed by atoms with Crippen molar-refractivity contribution >= 4 is 0 Å². The quantitative estimate of drug-likeness (QED) is 0.942. The van der Waals surface area contributed by atoms with Crippen LogP contribution < -0.4 is 11.4 Å². The topological polar surface area (TPSA) is 60.9 Å². The molecule has 1 aromatic heterocycles. The smallest absolute Gasteiger partial charge is 0.322 e. The molecule has 21 heavy (non-hydrogen) atoms. The summed E-state index contributed by atoms with van der Waals surface area (Å²) in [5.74, 6) is 0. The van der Waals surface area contributed by atoms with Crippen molar-refractivity contribution in [2.45, 2.75) is 47.2 Å². The van der Waals surface area contributed by atoms with Crippen LogP contribution in [-0.2, 0) is 6.54 Å². The average molecular weight is 285 g/mol. The van der Waals surface area contributed by atoms with E-state index in [-0.39, 0.29) is 11.7 Å². The van der Waals surface area contributed by atoms with Gasteiger partial charge in [-0.25, -0.2) is 4.79 Å². The van der Waals surface area contributed by atoms with Gasteiger partial charge in [-0.2, -0.15) is 4.98 Å². The molecule has 0 saturated heterocycles. The zero-order valence-electron chi connectivity index (χ0n) is 13.4. The number of aryl methyl sites for hydroxylation is 5. The highest BCUT2D eigenvalue weighted by atomic mass is 16.1. The number of hydrogen-bond donors (Lipinski definition) is 1. The maximum absolute atomic E-state index is 12.0. The summed E-state index contributed by atoms with van der Waals surface area (Å²) in [7, 11) is 0. The molecule has 0 spiro atoms. The lowest BCUT2D eigenvalue weighted by Gasteiger charge is -2.20.